The molecule has 3 heterocycles. The lowest BCUT2D eigenvalue weighted by Crippen LogP contribution is -2.35. The van der Waals surface area contributed by atoms with Crippen LogP contribution in [0.15, 0.2) is 42.6 Å². The molecule has 11 nitrogen and oxygen atoms in total. The molecule has 1 fully saturated rings. The predicted octanol–water partition coefficient (Wildman–Crippen LogP) is 1.60. The molecular weight excluding hydrogens is 521 g/mol. The van der Waals surface area contributed by atoms with Gasteiger partial charge in [-0.2, -0.15) is 4.98 Å². The number of halogens is 1. The van der Waals surface area contributed by atoms with Crippen LogP contribution >= 0.6 is 19.2 Å². The van der Waals surface area contributed by atoms with Crippen LogP contribution in [-0.4, -0.2) is 72.5 Å². The summed E-state index contributed by atoms with van der Waals surface area (Å²) in [5, 5.41) is 21.6. The highest BCUT2D eigenvalue weighted by atomic mass is 35.5. The van der Waals surface area contributed by atoms with Crippen molar-refractivity contribution in [3.63, 3.8) is 0 Å². The van der Waals surface area contributed by atoms with Crippen molar-refractivity contribution in [3.05, 3.63) is 59.1 Å². The molecule has 1 saturated heterocycles. The third-order valence-electron chi connectivity index (χ3n) is 5.89. The maximum absolute atomic E-state index is 12.2. The zero-order valence-corrected chi connectivity index (χ0v) is 21.0. The van der Waals surface area contributed by atoms with Crippen molar-refractivity contribution in [1.82, 2.24) is 14.5 Å². The van der Waals surface area contributed by atoms with Gasteiger partial charge < -0.3 is 29.3 Å². The normalized spacial score (nSPS) is 24.2. The molecule has 5 atom stereocenters. The van der Waals surface area contributed by atoms with Crippen LogP contribution in [0.4, 0.5) is 0 Å². The van der Waals surface area contributed by atoms with Gasteiger partial charge in [0.15, 0.2) is 21.6 Å². The van der Waals surface area contributed by atoms with Gasteiger partial charge in [0.25, 0.3) is 0 Å². The fraction of sp³-hybridized carbons (Fsp3) is 0.429. The topological polar surface area (TPSA) is 172 Å². The van der Waals surface area contributed by atoms with Crippen LogP contribution in [0.5, 0.6) is 0 Å². The number of fused-ring (bicyclic) bond motifs is 1. The predicted molar refractivity (Wildman–Crippen MR) is 128 cm³/mol. The Morgan fingerprint density at radius 2 is 1.83 bits per heavy atom. The first kappa shape index (κ1) is 26.2. The van der Waals surface area contributed by atoms with Crippen molar-refractivity contribution in [3.8, 4) is 0 Å². The van der Waals surface area contributed by atoms with E-state index in [9.17, 15) is 23.2 Å². The first-order valence-electron chi connectivity index (χ1n) is 10.7. The van der Waals surface area contributed by atoms with Gasteiger partial charge >= 0.3 is 7.60 Å². The molecule has 0 saturated carbocycles. The van der Waals surface area contributed by atoms with Crippen molar-refractivity contribution in [2.45, 2.75) is 43.8 Å². The van der Waals surface area contributed by atoms with Crippen molar-refractivity contribution >= 4 is 40.1 Å². The molecule has 4 rings (SSSR count). The molecule has 2 aromatic heterocycles. The van der Waals surface area contributed by atoms with E-state index in [-0.39, 0.29) is 11.2 Å². The Morgan fingerprint density at radius 1 is 1.14 bits per heavy atom. The summed E-state index contributed by atoms with van der Waals surface area (Å²) in [6, 6.07) is 11.6. The molecular formula is C21H25ClN3O8PS. The third-order valence-corrected chi connectivity index (χ3v) is 9.81. The van der Waals surface area contributed by atoms with Gasteiger partial charge in [0, 0.05) is 11.6 Å². The summed E-state index contributed by atoms with van der Waals surface area (Å²) >= 11 is 6.19. The standard InChI is InChI=1S/C21H25ClN3O8PS/c1-12(13-5-3-2-4-6-13)9-15-14-7-8-25(19(14)24-21(22)23-15)20-18(27)17(26)16(33-20)10-35(31,32)11-34(28,29)30/h2-8,12,16-18,20,26-27H,9-11H2,1H3,(H2,28,29,30)/t12-,16+,17+,18+,20+/m0/s1. The average Bonchev–Trinajstić information content (AvgIpc) is 3.28. The lowest BCUT2D eigenvalue weighted by atomic mass is 9.95. The number of nitrogens with zero attached hydrogens (tertiary/aromatic N) is 3. The van der Waals surface area contributed by atoms with Crippen LogP contribution in [0.2, 0.25) is 5.28 Å². The highest BCUT2D eigenvalue weighted by Crippen LogP contribution is 2.38. The summed E-state index contributed by atoms with van der Waals surface area (Å²) in [6.45, 7) is 2.05. The molecule has 1 aliphatic heterocycles. The smallest absolute Gasteiger partial charge is 0.340 e. The van der Waals surface area contributed by atoms with E-state index in [0.29, 0.717) is 23.1 Å². The van der Waals surface area contributed by atoms with Crippen molar-refractivity contribution < 1.29 is 37.7 Å². The van der Waals surface area contributed by atoms with Gasteiger partial charge in [-0.15, -0.1) is 0 Å². The lowest BCUT2D eigenvalue weighted by Gasteiger charge is -2.18. The Labute approximate surface area is 206 Å². The number of aliphatic hydroxyl groups excluding tert-OH is 2. The Hall–Kier alpha value is -1.89. The molecule has 0 aliphatic carbocycles. The number of benzene rings is 1. The highest BCUT2D eigenvalue weighted by molar-refractivity contribution is 7.97. The number of hydrogen-bond acceptors (Lipinski definition) is 8. The Kier molecular flexibility index (Phi) is 7.38. The molecule has 4 N–H and O–H groups in total. The quantitative estimate of drug-likeness (QED) is 0.240. The second kappa shape index (κ2) is 9.87. The van der Waals surface area contributed by atoms with E-state index in [2.05, 4.69) is 16.9 Å². The minimum absolute atomic E-state index is 0.0264. The molecule has 3 aromatic rings. The van der Waals surface area contributed by atoms with Crippen molar-refractivity contribution in [2.75, 3.05) is 11.2 Å². The van der Waals surface area contributed by atoms with E-state index in [0.717, 1.165) is 5.56 Å². The van der Waals surface area contributed by atoms with Gasteiger partial charge in [-0.25, -0.2) is 13.4 Å². The second-order valence-corrected chi connectivity index (χ2v) is 13.2. The Morgan fingerprint density at radius 3 is 2.49 bits per heavy atom. The molecule has 0 amide bonds. The molecule has 35 heavy (non-hydrogen) atoms. The van der Waals surface area contributed by atoms with Gasteiger partial charge in [-0.1, -0.05) is 37.3 Å². The average molecular weight is 546 g/mol. The van der Waals surface area contributed by atoms with Crippen LogP contribution in [-0.2, 0) is 25.6 Å². The number of aromatic nitrogens is 3. The third kappa shape index (κ3) is 5.92. The van der Waals surface area contributed by atoms with E-state index in [1.54, 1.807) is 12.3 Å². The van der Waals surface area contributed by atoms with Crippen LogP contribution < -0.4 is 0 Å². The molecule has 1 aliphatic rings. The van der Waals surface area contributed by atoms with E-state index >= 15 is 0 Å². The van der Waals surface area contributed by atoms with Crippen LogP contribution in [0, 0.1) is 0 Å². The first-order chi connectivity index (χ1) is 16.3. The minimum Gasteiger partial charge on any atom is -0.387 e. The molecule has 0 radical (unpaired) electrons. The van der Waals surface area contributed by atoms with E-state index in [4.69, 9.17) is 26.1 Å². The van der Waals surface area contributed by atoms with Gasteiger partial charge in [0.05, 0.1) is 11.4 Å². The lowest BCUT2D eigenvalue weighted by molar-refractivity contribution is -0.0288. The summed E-state index contributed by atoms with van der Waals surface area (Å²) in [5.41, 5.74) is 0.733. The van der Waals surface area contributed by atoms with Crippen LogP contribution in [0.25, 0.3) is 11.0 Å². The SMILES string of the molecule is C[C@@H](Cc1nc(Cl)nc2c1ccn2[C@@H]1O[C@H](CS(=O)(=O)CP(=O)(O)O)[C@@H](O)[C@H]1O)c1ccccc1. The number of aliphatic hydroxyl groups is 2. The fourth-order valence-electron chi connectivity index (χ4n) is 4.27. The van der Waals surface area contributed by atoms with Gasteiger partial charge in [-0.05, 0) is 35.6 Å². The van der Waals surface area contributed by atoms with Gasteiger partial charge in [0.2, 0.25) is 5.28 Å². The number of sulfone groups is 1. The van der Waals surface area contributed by atoms with Crippen LogP contribution in [0.1, 0.15) is 30.3 Å². The molecule has 0 bridgehead atoms. The van der Waals surface area contributed by atoms with Crippen LogP contribution in [0.3, 0.4) is 0 Å². The first-order valence-corrected chi connectivity index (χ1v) is 14.7. The maximum Gasteiger partial charge on any atom is 0.340 e. The monoisotopic (exact) mass is 545 g/mol. The molecule has 14 heteroatoms. The highest BCUT2D eigenvalue weighted by Gasteiger charge is 2.46. The van der Waals surface area contributed by atoms with Crippen molar-refractivity contribution in [1.29, 1.82) is 0 Å². The number of rotatable bonds is 8. The van der Waals surface area contributed by atoms with Gasteiger partial charge in [-0.3, -0.25) is 4.57 Å². The second-order valence-electron chi connectivity index (χ2n) is 8.67. The largest absolute Gasteiger partial charge is 0.387 e. The molecule has 190 valence electrons. The number of ether oxygens (including phenoxy) is 1. The number of hydrogen-bond donors (Lipinski definition) is 4. The zero-order valence-electron chi connectivity index (χ0n) is 18.5. The summed E-state index contributed by atoms with van der Waals surface area (Å²) in [5.74, 6) is -0.755. The Bertz CT molecular complexity index is 1360. The summed E-state index contributed by atoms with van der Waals surface area (Å²) in [7, 11) is -9.13. The minimum atomic E-state index is -4.84. The van der Waals surface area contributed by atoms with E-state index in [1.807, 2.05) is 30.3 Å². The van der Waals surface area contributed by atoms with E-state index < -0.39 is 53.2 Å². The Balaban J connectivity index is 1.61. The zero-order chi connectivity index (χ0) is 25.5. The fourth-order valence-corrected chi connectivity index (χ4v) is 7.70. The summed E-state index contributed by atoms with van der Waals surface area (Å²) < 4.78 is 42.5. The van der Waals surface area contributed by atoms with Crippen molar-refractivity contribution in [2.24, 2.45) is 0 Å². The summed E-state index contributed by atoms with van der Waals surface area (Å²) in [4.78, 5) is 26.6. The molecule has 0 spiro atoms. The van der Waals surface area contributed by atoms with Gasteiger partial charge in [0.1, 0.15) is 24.0 Å². The van der Waals surface area contributed by atoms with E-state index in [1.165, 1.54) is 4.57 Å². The molecule has 1 aromatic carbocycles. The maximum atomic E-state index is 12.2. The molecule has 0 unspecified atom stereocenters. The summed E-state index contributed by atoms with van der Waals surface area (Å²) in [6.07, 6.45) is -3.63.